The number of aliphatic imine (C=N–C) groups is 1. The summed E-state index contributed by atoms with van der Waals surface area (Å²) < 4.78 is 5.35. The first-order chi connectivity index (χ1) is 17.4. The number of benzene rings is 2. The molecular weight excluding hydrogens is 509 g/mol. The molecule has 0 bridgehead atoms. The Hall–Kier alpha value is -2.41. The molecule has 37 heavy (non-hydrogen) atoms. The number of carbonyl (C=O) groups excluding carboxylic acids is 2. The molecule has 1 unspecified atom stereocenters. The van der Waals surface area contributed by atoms with Crippen LogP contribution in [0.5, 0.6) is 0 Å². The van der Waals surface area contributed by atoms with Gasteiger partial charge in [-0.05, 0) is 74.5 Å². The minimum Gasteiger partial charge on any atom is -0.459 e. The summed E-state index contributed by atoms with van der Waals surface area (Å²) in [6, 6.07) is 12.3. The molecular formula is C29H35Cl2N3O3. The number of amides is 1. The zero-order valence-electron chi connectivity index (χ0n) is 22.1. The number of nitrogens with zero attached hydrogens (tertiary/aromatic N) is 2. The average molecular weight is 545 g/mol. The molecule has 2 heterocycles. The highest BCUT2D eigenvalue weighted by Gasteiger charge is 2.52. The molecule has 1 saturated heterocycles. The third kappa shape index (κ3) is 6.19. The van der Waals surface area contributed by atoms with Gasteiger partial charge in [-0.15, -0.1) is 0 Å². The van der Waals surface area contributed by atoms with Crippen molar-refractivity contribution in [1.82, 2.24) is 10.2 Å². The van der Waals surface area contributed by atoms with Crippen LogP contribution in [0.2, 0.25) is 10.0 Å². The van der Waals surface area contributed by atoms with Crippen molar-refractivity contribution in [1.29, 1.82) is 0 Å². The minimum atomic E-state index is -0.695. The Morgan fingerprint density at radius 1 is 1.14 bits per heavy atom. The summed E-state index contributed by atoms with van der Waals surface area (Å²) in [6.07, 6.45) is 2.17. The summed E-state index contributed by atoms with van der Waals surface area (Å²) in [5.74, 6) is -0.491. The standard InChI is InChI=1S/C29H35Cl2N3O3/c1-18(2)37-27(36)20-8-6-19(7-9-20)24(10-11-28(3,4)5)34-26(35)25(33-29(34)12-13-32-17-29)21-14-22(30)16-23(31)15-21/h6-9,14-16,18,24,32H,10-13,17H2,1-5H3/t24-,29?/m1/s1. The van der Waals surface area contributed by atoms with Crippen molar-refractivity contribution in [3.8, 4) is 0 Å². The van der Waals surface area contributed by atoms with Crippen LogP contribution in [0, 0.1) is 5.41 Å². The van der Waals surface area contributed by atoms with E-state index in [9.17, 15) is 9.59 Å². The average Bonchev–Trinajstić information content (AvgIpc) is 3.38. The Labute approximate surface area is 229 Å². The van der Waals surface area contributed by atoms with Gasteiger partial charge in [0, 0.05) is 28.6 Å². The Bertz CT molecular complexity index is 1180. The maximum Gasteiger partial charge on any atom is 0.338 e. The second-order valence-corrected chi connectivity index (χ2v) is 12.3. The molecule has 1 fully saturated rings. The molecule has 1 spiro atoms. The van der Waals surface area contributed by atoms with Gasteiger partial charge in [-0.25, -0.2) is 9.79 Å². The van der Waals surface area contributed by atoms with Gasteiger partial charge < -0.3 is 15.0 Å². The highest BCUT2D eigenvalue weighted by atomic mass is 35.5. The van der Waals surface area contributed by atoms with Crippen molar-refractivity contribution < 1.29 is 14.3 Å². The lowest BCUT2D eigenvalue weighted by atomic mass is 9.85. The lowest BCUT2D eigenvalue weighted by Crippen LogP contribution is -2.50. The number of hydrogen-bond acceptors (Lipinski definition) is 5. The van der Waals surface area contributed by atoms with E-state index in [1.54, 1.807) is 30.3 Å². The first-order valence-electron chi connectivity index (χ1n) is 12.8. The van der Waals surface area contributed by atoms with Crippen molar-refractivity contribution in [3.63, 3.8) is 0 Å². The summed E-state index contributed by atoms with van der Waals surface area (Å²) in [5, 5.41) is 4.33. The fourth-order valence-electron chi connectivity index (χ4n) is 5.03. The second-order valence-electron chi connectivity index (χ2n) is 11.4. The van der Waals surface area contributed by atoms with Gasteiger partial charge in [0.05, 0.1) is 17.7 Å². The van der Waals surface area contributed by atoms with E-state index in [0.717, 1.165) is 24.9 Å². The molecule has 2 aromatic rings. The quantitative estimate of drug-likeness (QED) is 0.407. The molecule has 6 nitrogen and oxygen atoms in total. The number of esters is 1. The monoisotopic (exact) mass is 543 g/mol. The van der Waals surface area contributed by atoms with E-state index in [0.29, 0.717) is 39.8 Å². The Balaban J connectivity index is 1.74. The van der Waals surface area contributed by atoms with Gasteiger partial charge >= 0.3 is 5.97 Å². The molecule has 8 heteroatoms. The maximum atomic E-state index is 14.1. The van der Waals surface area contributed by atoms with Gasteiger partial charge in [0.15, 0.2) is 0 Å². The predicted molar refractivity (Wildman–Crippen MR) is 148 cm³/mol. The van der Waals surface area contributed by atoms with E-state index in [4.69, 9.17) is 32.9 Å². The molecule has 2 aliphatic heterocycles. The summed E-state index contributed by atoms with van der Waals surface area (Å²) >= 11 is 12.6. The zero-order valence-corrected chi connectivity index (χ0v) is 23.6. The van der Waals surface area contributed by atoms with Crippen LogP contribution in [0.1, 0.15) is 81.4 Å². The molecule has 0 aromatic heterocycles. The van der Waals surface area contributed by atoms with E-state index in [1.807, 2.05) is 30.9 Å². The van der Waals surface area contributed by atoms with Crippen LogP contribution in [-0.4, -0.2) is 47.3 Å². The van der Waals surface area contributed by atoms with Gasteiger partial charge in [-0.2, -0.15) is 0 Å². The smallest absolute Gasteiger partial charge is 0.338 e. The third-order valence-corrected chi connectivity index (χ3v) is 7.23. The number of ether oxygens (including phenoxy) is 1. The van der Waals surface area contributed by atoms with E-state index < -0.39 is 5.66 Å². The summed E-state index contributed by atoms with van der Waals surface area (Å²) in [6.45, 7) is 11.6. The number of hydrogen-bond donors (Lipinski definition) is 1. The molecule has 0 aliphatic carbocycles. The molecule has 1 N–H and O–H groups in total. The van der Waals surface area contributed by atoms with Crippen molar-refractivity contribution in [2.75, 3.05) is 13.1 Å². The molecule has 0 saturated carbocycles. The molecule has 0 radical (unpaired) electrons. The van der Waals surface area contributed by atoms with Gasteiger partial charge in [0.25, 0.3) is 5.91 Å². The van der Waals surface area contributed by atoms with Crippen LogP contribution < -0.4 is 5.32 Å². The van der Waals surface area contributed by atoms with Gasteiger partial charge in [-0.3, -0.25) is 4.79 Å². The number of halogens is 2. The Morgan fingerprint density at radius 2 is 1.78 bits per heavy atom. The Kier molecular flexibility index (Phi) is 8.03. The lowest BCUT2D eigenvalue weighted by molar-refractivity contribution is -0.131. The lowest BCUT2D eigenvalue weighted by Gasteiger charge is -2.40. The van der Waals surface area contributed by atoms with Crippen molar-refractivity contribution in [2.45, 2.75) is 71.7 Å². The van der Waals surface area contributed by atoms with Crippen LogP contribution in [0.25, 0.3) is 0 Å². The number of carbonyl (C=O) groups is 2. The Morgan fingerprint density at radius 3 is 2.32 bits per heavy atom. The fraction of sp³-hybridized carbons (Fsp3) is 0.483. The van der Waals surface area contributed by atoms with E-state index in [-0.39, 0.29) is 29.4 Å². The third-order valence-electron chi connectivity index (χ3n) is 6.79. The van der Waals surface area contributed by atoms with Crippen LogP contribution in [0.3, 0.4) is 0 Å². The highest BCUT2D eigenvalue weighted by molar-refractivity contribution is 6.48. The van der Waals surface area contributed by atoms with E-state index in [2.05, 4.69) is 26.1 Å². The van der Waals surface area contributed by atoms with E-state index >= 15 is 0 Å². The minimum absolute atomic E-state index is 0.0767. The first kappa shape index (κ1) is 27.6. The van der Waals surface area contributed by atoms with Gasteiger partial charge in [-0.1, -0.05) is 56.1 Å². The predicted octanol–water partition coefficient (Wildman–Crippen LogP) is 6.45. The van der Waals surface area contributed by atoms with E-state index in [1.165, 1.54) is 0 Å². The van der Waals surface area contributed by atoms with Crippen LogP contribution in [-0.2, 0) is 9.53 Å². The van der Waals surface area contributed by atoms with Gasteiger partial charge in [0.2, 0.25) is 0 Å². The summed E-state index contributed by atoms with van der Waals surface area (Å²) in [5.41, 5.74) is 1.84. The summed E-state index contributed by atoms with van der Waals surface area (Å²) in [7, 11) is 0. The zero-order chi connectivity index (χ0) is 27.0. The number of nitrogens with one attached hydrogen (secondary N) is 1. The van der Waals surface area contributed by atoms with Crippen LogP contribution >= 0.6 is 23.2 Å². The maximum absolute atomic E-state index is 14.1. The van der Waals surface area contributed by atoms with Gasteiger partial charge in [0.1, 0.15) is 11.4 Å². The molecule has 4 rings (SSSR count). The molecule has 198 valence electrons. The highest BCUT2D eigenvalue weighted by Crippen LogP contribution is 2.42. The molecule has 1 amide bonds. The summed E-state index contributed by atoms with van der Waals surface area (Å²) in [4.78, 5) is 33.5. The van der Waals surface area contributed by atoms with Crippen LogP contribution in [0.15, 0.2) is 47.5 Å². The largest absolute Gasteiger partial charge is 0.459 e. The van der Waals surface area contributed by atoms with Crippen LogP contribution in [0.4, 0.5) is 0 Å². The number of rotatable bonds is 7. The fourth-order valence-corrected chi connectivity index (χ4v) is 5.55. The van der Waals surface area contributed by atoms with Crippen molar-refractivity contribution in [2.24, 2.45) is 10.4 Å². The van der Waals surface area contributed by atoms with Crippen molar-refractivity contribution >= 4 is 40.8 Å². The second kappa shape index (κ2) is 10.8. The normalized spacial score (nSPS) is 20.6. The molecule has 2 aliphatic rings. The SMILES string of the molecule is CC(C)OC(=O)c1ccc([C@@H](CCC(C)(C)C)N2C(=O)C(c3cc(Cl)cc(Cl)c3)=NC23CCNC3)cc1. The topological polar surface area (TPSA) is 71.0 Å². The first-order valence-corrected chi connectivity index (χ1v) is 13.6. The molecule has 2 aromatic carbocycles. The molecule has 2 atom stereocenters. The van der Waals surface area contributed by atoms with Crippen molar-refractivity contribution in [3.05, 3.63) is 69.2 Å².